The van der Waals surface area contributed by atoms with Crippen molar-refractivity contribution in [1.29, 1.82) is 0 Å². The first-order chi connectivity index (χ1) is 16.5. The lowest BCUT2D eigenvalue weighted by atomic mass is 10.2. The fourth-order valence-electron chi connectivity index (χ4n) is 3.67. The maximum atomic E-state index is 13.1. The SMILES string of the molecule is CCCCCCNC(=O)c1c(N)n(/N=C/c2cccc([N+](=O)[O-])c2)c2nc3ccccc3nc12. The Morgan fingerprint density at radius 2 is 1.91 bits per heavy atom. The van der Waals surface area contributed by atoms with Gasteiger partial charge in [-0.1, -0.05) is 50.5 Å². The predicted octanol–water partition coefficient (Wildman–Crippen LogP) is 4.27. The second-order valence-corrected chi connectivity index (χ2v) is 7.87. The first-order valence-corrected chi connectivity index (χ1v) is 11.1. The van der Waals surface area contributed by atoms with Crippen LogP contribution in [0.25, 0.3) is 22.2 Å². The van der Waals surface area contributed by atoms with Crippen molar-refractivity contribution in [3.05, 3.63) is 69.8 Å². The highest BCUT2D eigenvalue weighted by Gasteiger charge is 2.23. The maximum absolute atomic E-state index is 13.1. The highest BCUT2D eigenvalue weighted by molar-refractivity contribution is 6.10. The van der Waals surface area contributed by atoms with Crippen molar-refractivity contribution < 1.29 is 9.72 Å². The molecule has 0 unspecified atom stereocenters. The number of non-ortho nitro benzene ring substituents is 1. The summed E-state index contributed by atoms with van der Waals surface area (Å²) in [4.78, 5) is 32.9. The lowest BCUT2D eigenvalue weighted by Gasteiger charge is -2.05. The number of carbonyl (C=O) groups excluding carboxylic acids is 1. The third-order valence-electron chi connectivity index (χ3n) is 5.42. The molecule has 0 spiro atoms. The van der Waals surface area contributed by atoms with E-state index in [1.807, 2.05) is 24.3 Å². The van der Waals surface area contributed by atoms with Crippen molar-refractivity contribution in [3.63, 3.8) is 0 Å². The summed E-state index contributed by atoms with van der Waals surface area (Å²) in [5.74, 6) is -0.245. The van der Waals surface area contributed by atoms with Crippen molar-refractivity contribution in [3.8, 4) is 0 Å². The van der Waals surface area contributed by atoms with Gasteiger partial charge < -0.3 is 11.1 Å². The van der Waals surface area contributed by atoms with Gasteiger partial charge in [-0.3, -0.25) is 14.9 Å². The van der Waals surface area contributed by atoms with Crippen LogP contribution in [-0.4, -0.2) is 38.2 Å². The molecule has 0 saturated carbocycles. The van der Waals surface area contributed by atoms with Crippen LogP contribution in [0.4, 0.5) is 11.5 Å². The normalized spacial score (nSPS) is 11.4. The zero-order valence-electron chi connectivity index (χ0n) is 18.8. The number of benzene rings is 2. The quantitative estimate of drug-likeness (QED) is 0.166. The van der Waals surface area contributed by atoms with Gasteiger partial charge >= 0.3 is 0 Å². The van der Waals surface area contributed by atoms with Crippen LogP contribution in [0.2, 0.25) is 0 Å². The number of amides is 1. The number of nitro benzene ring substituents is 1. The summed E-state index contributed by atoms with van der Waals surface area (Å²) < 4.78 is 1.35. The largest absolute Gasteiger partial charge is 0.383 e. The van der Waals surface area contributed by atoms with Gasteiger partial charge in [-0.05, 0) is 18.6 Å². The molecule has 2 heterocycles. The van der Waals surface area contributed by atoms with Crippen LogP contribution >= 0.6 is 0 Å². The van der Waals surface area contributed by atoms with Gasteiger partial charge in [0.05, 0.1) is 22.2 Å². The van der Waals surface area contributed by atoms with E-state index in [0.29, 0.717) is 34.3 Å². The Balaban J connectivity index is 1.76. The zero-order valence-corrected chi connectivity index (χ0v) is 18.8. The molecule has 4 aromatic rings. The summed E-state index contributed by atoms with van der Waals surface area (Å²) in [5, 5.41) is 18.4. The van der Waals surface area contributed by atoms with Crippen LogP contribution in [0, 0.1) is 10.1 Å². The topological polar surface area (TPSA) is 141 Å². The van der Waals surface area contributed by atoms with Crippen molar-refractivity contribution >= 4 is 45.8 Å². The number of fused-ring (bicyclic) bond motifs is 2. The first-order valence-electron chi connectivity index (χ1n) is 11.1. The van der Waals surface area contributed by atoms with Gasteiger partial charge in [0.15, 0.2) is 5.65 Å². The molecule has 0 bridgehead atoms. The van der Waals surface area contributed by atoms with Gasteiger partial charge in [0.25, 0.3) is 11.6 Å². The molecule has 3 N–H and O–H groups in total. The summed E-state index contributed by atoms with van der Waals surface area (Å²) in [7, 11) is 0. The highest BCUT2D eigenvalue weighted by atomic mass is 16.6. The van der Waals surface area contributed by atoms with Crippen LogP contribution in [0.15, 0.2) is 53.6 Å². The fourth-order valence-corrected chi connectivity index (χ4v) is 3.67. The summed E-state index contributed by atoms with van der Waals surface area (Å²) in [5.41, 5.74) is 8.97. The van der Waals surface area contributed by atoms with E-state index in [0.717, 1.165) is 25.7 Å². The number of nitrogen functional groups attached to an aromatic ring is 1. The van der Waals surface area contributed by atoms with Crippen LogP contribution in [-0.2, 0) is 0 Å². The lowest BCUT2D eigenvalue weighted by molar-refractivity contribution is -0.384. The molecule has 10 heteroatoms. The summed E-state index contributed by atoms with van der Waals surface area (Å²) in [6, 6.07) is 13.4. The minimum Gasteiger partial charge on any atom is -0.383 e. The van der Waals surface area contributed by atoms with Crippen LogP contribution in [0.1, 0.15) is 48.5 Å². The molecule has 174 valence electrons. The van der Waals surface area contributed by atoms with E-state index in [1.54, 1.807) is 12.1 Å². The molecule has 0 aliphatic carbocycles. The molecule has 34 heavy (non-hydrogen) atoms. The van der Waals surface area contributed by atoms with Gasteiger partial charge in [-0.15, -0.1) is 0 Å². The number of aromatic nitrogens is 3. The Morgan fingerprint density at radius 1 is 1.15 bits per heavy atom. The fraction of sp³-hybridized carbons (Fsp3) is 0.250. The van der Waals surface area contributed by atoms with Crippen molar-refractivity contribution in [2.45, 2.75) is 32.6 Å². The molecule has 1 amide bonds. The maximum Gasteiger partial charge on any atom is 0.270 e. The number of nitrogens with two attached hydrogens (primary N) is 1. The summed E-state index contributed by atoms with van der Waals surface area (Å²) in [6.07, 6.45) is 5.57. The Bertz CT molecular complexity index is 1390. The van der Waals surface area contributed by atoms with E-state index < -0.39 is 4.92 Å². The standard InChI is InChI=1S/C24H25N7O3/c1-2-3-4-7-13-26-24(32)20-21-23(29-19-12-6-5-11-18(19)28-21)30(22(20)25)27-15-16-9-8-10-17(14-16)31(33)34/h5-6,8-12,14-15H,2-4,7,13,25H2,1H3,(H,26,32)/b27-15+. The zero-order chi connectivity index (χ0) is 24.1. The number of nitro groups is 1. The van der Waals surface area contributed by atoms with E-state index in [1.165, 1.54) is 23.0 Å². The average Bonchev–Trinajstić information content (AvgIpc) is 3.11. The summed E-state index contributed by atoms with van der Waals surface area (Å²) >= 11 is 0. The molecule has 2 aromatic heterocycles. The molecular formula is C24H25N7O3. The highest BCUT2D eigenvalue weighted by Crippen LogP contribution is 2.28. The Morgan fingerprint density at radius 3 is 2.65 bits per heavy atom. The van der Waals surface area contributed by atoms with E-state index in [-0.39, 0.29) is 23.0 Å². The van der Waals surface area contributed by atoms with Crippen LogP contribution < -0.4 is 11.1 Å². The molecular weight excluding hydrogens is 434 g/mol. The molecule has 0 saturated heterocycles. The van der Waals surface area contributed by atoms with E-state index in [4.69, 9.17) is 5.73 Å². The van der Waals surface area contributed by atoms with Gasteiger partial charge in [0.2, 0.25) is 0 Å². The molecule has 0 aliphatic rings. The number of anilines is 1. The first kappa shape index (κ1) is 22.8. The Kier molecular flexibility index (Phi) is 6.77. The van der Waals surface area contributed by atoms with Crippen molar-refractivity contribution in [1.82, 2.24) is 20.0 Å². The number of rotatable bonds is 9. The van der Waals surface area contributed by atoms with Gasteiger partial charge in [-0.2, -0.15) is 9.78 Å². The molecule has 10 nitrogen and oxygen atoms in total. The molecule has 0 aliphatic heterocycles. The number of hydrogen-bond donors (Lipinski definition) is 2. The lowest BCUT2D eigenvalue weighted by Crippen LogP contribution is -2.25. The minimum absolute atomic E-state index is 0.0526. The molecule has 0 atom stereocenters. The van der Waals surface area contributed by atoms with Gasteiger partial charge in [0, 0.05) is 24.2 Å². The number of nitrogens with one attached hydrogen (secondary N) is 1. The van der Waals surface area contributed by atoms with E-state index in [2.05, 4.69) is 27.3 Å². The van der Waals surface area contributed by atoms with E-state index in [9.17, 15) is 14.9 Å². The molecule has 2 aromatic carbocycles. The second kappa shape index (κ2) is 10.1. The van der Waals surface area contributed by atoms with E-state index >= 15 is 0 Å². The Labute approximate surface area is 195 Å². The minimum atomic E-state index is -0.475. The number of carbonyl (C=O) groups is 1. The smallest absolute Gasteiger partial charge is 0.270 e. The third kappa shape index (κ3) is 4.70. The second-order valence-electron chi connectivity index (χ2n) is 7.87. The number of para-hydroxylation sites is 2. The van der Waals surface area contributed by atoms with Crippen LogP contribution in [0.3, 0.4) is 0 Å². The number of nitrogens with zero attached hydrogens (tertiary/aromatic N) is 5. The van der Waals surface area contributed by atoms with Gasteiger partial charge in [0.1, 0.15) is 16.9 Å². The van der Waals surface area contributed by atoms with Gasteiger partial charge in [-0.25, -0.2) is 9.97 Å². The van der Waals surface area contributed by atoms with Crippen LogP contribution in [0.5, 0.6) is 0 Å². The van der Waals surface area contributed by atoms with Crippen molar-refractivity contribution in [2.24, 2.45) is 5.10 Å². The Hall–Kier alpha value is -4.34. The molecule has 4 rings (SSSR count). The number of hydrogen-bond acceptors (Lipinski definition) is 7. The molecule has 0 radical (unpaired) electrons. The average molecular weight is 460 g/mol. The molecule has 0 fully saturated rings. The third-order valence-corrected chi connectivity index (χ3v) is 5.42. The summed E-state index contributed by atoms with van der Waals surface area (Å²) in [6.45, 7) is 2.66. The predicted molar refractivity (Wildman–Crippen MR) is 132 cm³/mol. The van der Waals surface area contributed by atoms with Crippen molar-refractivity contribution in [2.75, 3.05) is 12.3 Å². The monoisotopic (exact) mass is 459 g/mol. The number of unbranched alkanes of at least 4 members (excludes halogenated alkanes) is 3.